The number of carbonyl (C=O) groups excluding carboxylic acids is 1. The molecule has 2 heterocycles. The van der Waals surface area contributed by atoms with Crippen molar-refractivity contribution in [1.82, 2.24) is 9.80 Å². The number of aliphatic hydroxyl groups is 2. The van der Waals surface area contributed by atoms with Crippen LogP contribution in [0.5, 0.6) is 11.5 Å². The Kier molecular flexibility index (Phi) is 8.23. The van der Waals surface area contributed by atoms with Crippen LogP contribution < -0.4 is 4.74 Å². The number of carbonyl (C=O) groups is 1. The van der Waals surface area contributed by atoms with Crippen molar-refractivity contribution in [3.63, 3.8) is 0 Å². The van der Waals surface area contributed by atoms with E-state index >= 15 is 0 Å². The van der Waals surface area contributed by atoms with Crippen LogP contribution in [0.15, 0.2) is 54.6 Å². The molecule has 46 heavy (non-hydrogen) atoms. The summed E-state index contributed by atoms with van der Waals surface area (Å²) in [6, 6.07) is 13.8. The van der Waals surface area contributed by atoms with Gasteiger partial charge in [0.2, 0.25) is 0 Å². The number of piperidine rings is 1. The molecule has 3 N–H and O–H groups in total. The van der Waals surface area contributed by atoms with Crippen molar-refractivity contribution in [1.29, 1.82) is 0 Å². The Morgan fingerprint density at radius 1 is 1.09 bits per heavy atom. The molecule has 0 radical (unpaired) electrons. The molecule has 2 saturated carbocycles. The van der Waals surface area contributed by atoms with Crippen LogP contribution in [0, 0.1) is 5.92 Å². The Morgan fingerprint density at radius 3 is 2.57 bits per heavy atom. The molecule has 0 amide bonds. The van der Waals surface area contributed by atoms with Crippen molar-refractivity contribution in [3.8, 4) is 11.5 Å². The molecule has 0 aromatic heterocycles. The number of likely N-dealkylation sites (N-methyl/N-ethyl adjacent to an activating group) is 1. The first kappa shape index (κ1) is 31.7. The quantitative estimate of drug-likeness (QED) is 0.318. The third-order valence-corrected chi connectivity index (χ3v) is 12.3. The molecule has 8 heteroatoms. The number of hydrogen-bond acceptors (Lipinski definition) is 8. The van der Waals surface area contributed by atoms with Gasteiger partial charge >= 0.3 is 5.97 Å². The van der Waals surface area contributed by atoms with E-state index in [1.165, 1.54) is 24.8 Å². The predicted molar refractivity (Wildman–Crippen MR) is 176 cm³/mol. The normalized spacial score (nSPS) is 35.8. The van der Waals surface area contributed by atoms with Crippen molar-refractivity contribution in [2.75, 3.05) is 33.8 Å². The fraction of sp³-hybridized carbons (Fsp3) is 0.605. The van der Waals surface area contributed by atoms with Crippen molar-refractivity contribution in [2.45, 2.75) is 105 Å². The largest absolute Gasteiger partial charge is 0.504 e. The molecule has 2 bridgehead atoms. The molecule has 8 nitrogen and oxygen atoms in total. The maximum atomic E-state index is 12.8. The summed E-state index contributed by atoms with van der Waals surface area (Å²) in [4.78, 5) is 17.4. The Morgan fingerprint density at radius 2 is 1.87 bits per heavy atom. The Bertz CT molecular complexity index is 1480. The van der Waals surface area contributed by atoms with Crippen LogP contribution in [0.25, 0.3) is 0 Å². The molecule has 2 aromatic rings. The smallest absolute Gasteiger partial charge is 0.318 e. The van der Waals surface area contributed by atoms with Crippen LogP contribution >= 0.6 is 0 Å². The highest BCUT2D eigenvalue weighted by Gasteiger charge is 2.72. The monoisotopic (exact) mass is 630 g/mol. The van der Waals surface area contributed by atoms with Crippen molar-refractivity contribution in [2.24, 2.45) is 5.92 Å². The van der Waals surface area contributed by atoms with Gasteiger partial charge in [0.15, 0.2) is 11.5 Å². The Balaban J connectivity index is 0.000000153. The van der Waals surface area contributed by atoms with E-state index in [9.17, 15) is 20.1 Å². The van der Waals surface area contributed by atoms with Crippen molar-refractivity contribution in [3.05, 3.63) is 71.3 Å². The van der Waals surface area contributed by atoms with Crippen LogP contribution in [-0.2, 0) is 26.8 Å². The average molecular weight is 631 g/mol. The lowest BCUT2D eigenvalue weighted by Crippen LogP contribution is -2.77. The van der Waals surface area contributed by atoms with Crippen LogP contribution in [0.3, 0.4) is 0 Å². The number of likely N-dealkylation sites (tertiary alicyclic amines) is 1. The number of hydrogen-bond donors (Lipinski definition) is 3. The number of allylic oxidation sites excluding steroid dienone is 1. The third kappa shape index (κ3) is 4.58. The molecule has 7 atom stereocenters. The molecule has 2 aliphatic heterocycles. The van der Waals surface area contributed by atoms with E-state index in [4.69, 9.17) is 9.47 Å². The van der Waals surface area contributed by atoms with Gasteiger partial charge in [-0.05, 0) is 102 Å². The van der Waals surface area contributed by atoms with Gasteiger partial charge in [0.05, 0.1) is 23.7 Å². The molecule has 4 aliphatic carbocycles. The van der Waals surface area contributed by atoms with Gasteiger partial charge in [-0.3, -0.25) is 9.69 Å². The van der Waals surface area contributed by atoms with Crippen molar-refractivity contribution >= 4 is 5.97 Å². The first-order valence-electron chi connectivity index (χ1n) is 17.4. The van der Waals surface area contributed by atoms with Crippen molar-refractivity contribution < 1.29 is 29.6 Å². The van der Waals surface area contributed by atoms with E-state index in [0.717, 1.165) is 55.8 Å². The molecular weight excluding hydrogens is 580 g/mol. The molecular formula is C38H50N2O6. The second-order valence-corrected chi connectivity index (χ2v) is 14.7. The zero-order valence-electron chi connectivity index (χ0n) is 27.5. The van der Waals surface area contributed by atoms with E-state index in [0.29, 0.717) is 25.2 Å². The summed E-state index contributed by atoms with van der Waals surface area (Å²) in [6.45, 7) is 4.29. The van der Waals surface area contributed by atoms with E-state index in [2.05, 4.69) is 22.0 Å². The first-order valence-corrected chi connectivity index (χ1v) is 17.4. The second kappa shape index (κ2) is 12.0. The van der Waals surface area contributed by atoms with Gasteiger partial charge in [-0.1, -0.05) is 55.0 Å². The number of ether oxygens (including phenoxy) is 2. The minimum Gasteiger partial charge on any atom is -0.504 e. The summed E-state index contributed by atoms with van der Waals surface area (Å²) >= 11 is 0. The zero-order valence-corrected chi connectivity index (χ0v) is 27.5. The summed E-state index contributed by atoms with van der Waals surface area (Å²) in [5, 5.41) is 33.2. The van der Waals surface area contributed by atoms with Crippen LogP contribution in [-0.4, -0.2) is 94.8 Å². The zero-order chi connectivity index (χ0) is 32.3. The molecule has 6 aliphatic rings. The number of esters is 1. The third-order valence-electron chi connectivity index (χ3n) is 12.3. The van der Waals surface area contributed by atoms with Gasteiger partial charge in [-0.15, -0.1) is 0 Å². The van der Waals surface area contributed by atoms with E-state index in [1.54, 1.807) is 6.07 Å². The van der Waals surface area contributed by atoms with Gasteiger partial charge in [0.1, 0.15) is 11.5 Å². The Hall–Kier alpha value is -2.91. The number of aliphatic hydroxyl groups excluding tert-OH is 1. The standard InChI is InChI=1S/C21H27NO4.C17H23NO2/c23-14-5-4-13-10-16-21(25)7-6-15(24)19-20(21,17(13)18(14)26-19)8-9-22(16)11-12-2-1-3-12;1-4-20-16(19)17(14-10-6-5-7-11-14)13-9-8-12-15(17)18(2)3/h4-5,12,15-16,19,23-25H,1-3,6-11H2;5-8,10-12,15H,4,9,13H2,1-3H3/t15-,16+,19-,20-,21+;15-,17+/m01/s1. The second-order valence-electron chi connectivity index (χ2n) is 14.7. The minimum absolute atomic E-state index is 0.0256. The summed E-state index contributed by atoms with van der Waals surface area (Å²) in [5.41, 5.74) is 1.15. The minimum atomic E-state index is -0.884. The lowest BCUT2D eigenvalue weighted by molar-refractivity contribution is -0.209. The highest BCUT2D eigenvalue weighted by Crippen LogP contribution is 2.65. The van der Waals surface area contributed by atoms with E-state index in [-0.39, 0.29) is 23.8 Å². The molecule has 3 fully saturated rings. The molecule has 1 saturated heterocycles. The summed E-state index contributed by atoms with van der Waals surface area (Å²) < 4.78 is 11.6. The fourth-order valence-electron chi connectivity index (χ4n) is 9.94. The predicted octanol–water partition coefficient (Wildman–Crippen LogP) is 4.48. The summed E-state index contributed by atoms with van der Waals surface area (Å²) in [5.74, 6) is 1.30. The maximum Gasteiger partial charge on any atom is 0.318 e. The van der Waals surface area contributed by atoms with Crippen LogP contribution in [0.1, 0.15) is 75.0 Å². The highest BCUT2D eigenvalue weighted by atomic mass is 16.5. The molecule has 0 unspecified atom stereocenters. The van der Waals surface area contributed by atoms with Gasteiger partial charge < -0.3 is 29.7 Å². The average Bonchev–Trinajstić information content (AvgIpc) is 3.40. The molecule has 1 spiro atoms. The van der Waals surface area contributed by atoms with E-state index in [1.807, 2.05) is 57.4 Å². The number of aromatic hydroxyl groups is 1. The van der Waals surface area contributed by atoms with Gasteiger partial charge in [0.25, 0.3) is 0 Å². The first-order chi connectivity index (χ1) is 22.2. The van der Waals surface area contributed by atoms with Gasteiger partial charge in [-0.25, -0.2) is 0 Å². The number of rotatable bonds is 6. The highest BCUT2D eigenvalue weighted by molar-refractivity contribution is 5.85. The van der Waals surface area contributed by atoms with Crippen LogP contribution in [0.4, 0.5) is 0 Å². The SMILES string of the molecule is CCOC(=O)[C@]1(c2ccccc2)CCC=C[C@H]1N(C)C.Oc1ccc2c3c1O[C@H]1[C@@H](O)CC[C@@]4(O)[C@@H](C2)N(CC2CCC2)CC[C@]314. The topological polar surface area (TPSA) is 103 Å². The van der Waals surface area contributed by atoms with Gasteiger partial charge in [0, 0.05) is 24.2 Å². The number of nitrogens with zero attached hydrogens (tertiary/aromatic N) is 2. The fourth-order valence-corrected chi connectivity index (χ4v) is 9.94. The lowest BCUT2D eigenvalue weighted by Gasteiger charge is -2.64. The number of phenols is 1. The maximum absolute atomic E-state index is 12.8. The number of benzene rings is 2. The number of phenolic OH excluding ortho intramolecular Hbond substituents is 1. The van der Waals surface area contributed by atoms with Crippen LogP contribution in [0.2, 0.25) is 0 Å². The molecule has 248 valence electrons. The summed E-state index contributed by atoms with van der Waals surface area (Å²) in [7, 11) is 4.02. The lowest BCUT2D eigenvalue weighted by atomic mass is 9.48. The molecule has 8 rings (SSSR count). The van der Waals surface area contributed by atoms with E-state index < -0.39 is 28.6 Å². The molecule has 2 aromatic carbocycles. The van der Waals surface area contributed by atoms with Gasteiger partial charge in [-0.2, -0.15) is 0 Å². The summed E-state index contributed by atoms with van der Waals surface area (Å²) in [6.07, 6.45) is 11.7. The Labute approximate surface area is 273 Å².